The second kappa shape index (κ2) is 9.52. The van der Waals surface area contributed by atoms with Gasteiger partial charge in [0.2, 0.25) is 0 Å². The third kappa shape index (κ3) is 5.02. The summed E-state index contributed by atoms with van der Waals surface area (Å²) in [6.07, 6.45) is 4.30. The molecule has 3 nitrogen and oxygen atoms in total. The highest BCUT2D eigenvalue weighted by Gasteiger charge is 2.14. The fourth-order valence-electron chi connectivity index (χ4n) is 2.59. The summed E-state index contributed by atoms with van der Waals surface area (Å²) in [6, 6.07) is 12.1. The second-order valence-corrected chi connectivity index (χ2v) is 6.55. The van der Waals surface area contributed by atoms with Crippen LogP contribution in [0.5, 0.6) is 11.5 Å². The lowest BCUT2D eigenvalue weighted by Crippen LogP contribution is -2.09. The van der Waals surface area contributed by atoms with Crippen LogP contribution in [0.15, 0.2) is 41.3 Å². The van der Waals surface area contributed by atoms with E-state index >= 15 is 0 Å². The van der Waals surface area contributed by atoms with E-state index < -0.39 is 0 Å². The number of carbonyl (C=O) groups is 1. The van der Waals surface area contributed by atoms with Gasteiger partial charge in [-0.05, 0) is 48.4 Å². The van der Waals surface area contributed by atoms with E-state index in [9.17, 15) is 4.79 Å². The zero-order valence-electron chi connectivity index (χ0n) is 15.4. The van der Waals surface area contributed by atoms with Crippen LogP contribution < -0.4 is 9.47 Å². The van der Waals surface area contributed by atoms with Crippen LogP contribution >= 0.6 is 11.8 Å². The molecule has 0 aliphatic carbocycles. The highest BCUT2D eigenvalue weighted by molar-refractivity contribution is 7.98. The van der Waals surface area contributed by atoms with Crippen LogP contribution in [0.3, 0.4) is 0 Å². The Bertz CT molecular complexity index is 725. The SMILES string of the molecule is CCC(=O)Oc1cccc(SC)c1COc1ccc(CC)cc1CC. The molecule has 2 aromatic carbocycles. The third-order valence-electron chi connectivity index (χ3n) is 4.11. The number of rotatable bonds is 8. The van der Waals surface area contributed by atoms with Crippen LogP contribution in [0.4, 0.5) is 0 Å². The van der Waals surface area contributed by atoms with Crippen LogP contribution in [0.1, 0.15) is 43.9 Å². The molecule has 2 aromatic rings. The lowest BCUT2D eigenvalue weighted by Gasteiger charge is -2.16. The number of ether oxygens (including phenoxy) is 2. The molecule has 0 atom stereocenters. The predicted molar refractivity (Wildman–Crippen MR) is 104 cm³/mol. The van der Waals surface area contributed by atoms with Crippen molar-refractivity contribution in [3.63, 3.8) is 0 Å². The van der Waals surface area contributed by atoms with Crippen LogP contribution in [0.2, 0.25) is 0 Å². The van der Waals surface area contributed by atoms with Crippen molar-refractivity contribution in [2.45, 2.75) is 51.5 Å². The maximum atomic E-state index is 11.7. The molecule has 0 spiro atoms. The molecule has 0 heterocycles. The maximum absolute atomic E-state index is 11.7. The summed E-state index contributed by atoms with van der Waals surface area (Å²) in [5.41, 5.74) is 3.43. The van der Waals surface area contributed by atoms with Gasteiger partial charge in [0, 0.05) is 16.9 Å². The summed E-state index contributed by atoms with van der Waals surface area (Å²) >= 11 is 1.62. The van der Waals surface area contributed by atoms with Crippen LogP contribution in [0, 0.1) is 0 Å². The zero-order chi connectivity index (χ0) is 18.2. The second-order valence-electron chi connectivity index (χ2n) is 5.70. The molecule has 4 heteroatoms. The van der Waals surface area contributed by atoms with Crippen molar-refractivity contribution >= 4 is 17.7 Å². The Hall–Kier alpha value is -1.94. The third-order valence-corrected chi connectivity index (χ3v) is 4.93. The number of thioether (sulfide) groups is 1. The van der Waals surface area contributed by atoms with Gasteiger partial charge in [-0.15, -0.1) is 11.8 Å². The van der Waals surface area contributed by atoms with Gasteiger partial charge in [0.05, 0.1) is 0 Å². The average Bonchev–Trinajstić information content (AvgIpc) is 2.66. The van der Waals surface area contributed by atoms with Crippen LogP contribution in [-0.4, -0.2) is 12.2 Å². The highest BCUT2D eigenvalue weighted by Crippen LogP contribution is 2.31. The summed E-state index contributed by atoms with van der Waals surface area (Å²) in [6.45, 7) is 6.45. The number of hydrogen-bond acceptors (Lipinski definition) is 4. The van der Waals surface area contributed by atoms with Crippen molar-refractivity contribution in [1.29, 1.82) is 0 Å². The lowest BCUT2D eigenvalue weighted by atomic mass is 10.1. The summed E-state index contributed by atoms with van der Waals surface area (Å²) in [7, 11) is 0. The van der Waals surface area contributed by atoms with Crippen molar-refractivity contribution in [1.82, 2.24) is 0 Å². The first-order valence-electron chi connectivity index (χ1n) is 8.74. The van der Waals surface area contributed by atoms with Crippen LogP contribution in [-0.2, 0) is 24.2 Å². The molecule has 0 saturated carbocycles. The van der Waals surface area contributed by atoms with Crippen LogP contribution in [0.25, 0.3) is 0 Å². The summed E-state index contributed by atoms with van der Waals surface area (Å²) in [4.78, 5) is 12.8. The van der Waals surface area contributed by atoms with Crippen molar-refractivity contribution in [2.24, 2.45) is 0 Å². The number of carbonyl (C=O) groups excluding carboxylic acids is 1. The van der Waals surface area contributed by atoms with E-state index in [0.717, 1.165) is 29.1 Å². The molecule has 0 N–H and O–H groups in total. The lowest BCUT2D eigenvalue weighted by molar-refractivity contribution is -0.134. The number of benzene rings is 2. The Balaban J connectivity index is 2.26. The standard InChI is InChI=1S/C21H26O3S/c1-5-15-11-12-18(16(6-2)13-15)23-14-17-19(24-21(22)7-3)9-8-10-20(17)25-4/h8-13H,5-7,14H2,1-4H3. The summed E-state index contributed by atoms with van der Waals surface area (Å²) < 4.78 is 11.6. The van der Waals surface area contributed by atoms with Gasteiger partial charge >= 0.3 is 5.97 Å². The van der Waals surface area contributed by atoms with E-state index in [2.05, 4.69) is 26.0 Å². The molecule has 0 radical (unpaired) electrons. The molecule has 2 rings (SSSR count). The quantitative estimate of drug-likeness (QED) is 0.358. The van der Waals surface area contributed by atoms with Gasteiger partial charge in [-0.2, -0.15) is 0 Å². The molecule has 0 aliphatic rings. The monoisotopic (exact) mass is 358 g/mol. The topological polar surface area (TPSA) is 35.5 Å². The molecule has 0 bridgehead atoms. The normalized spacial score (nSPS) is 10.6. The van der Waals surface area contributed by atoms with Gasteiger partial charge in [0.25, 0.3) is 0 Å². The van der Waals surface area contributed by atoms with Crippen molar-refractivity contribution in [3.8, 4) is 11.5 Å². The summed E-state index contributed by atoms with van der Waals surface area (Å²) in [5, 5.41) is 0. The molecule has 0 aromatic heterocycles. The fourth-order valence-corrected chi connectivity index (χ4v) is 3.21. The summed E-state index contributed by atoms with van der Waals surface area (Å²) in [5.74, 6) is 1.24. The first-order chi connectivity index (χ1) is 12.1. The Morgan fingerprint density at radius 3 is 2.48 bits per heavy atom. The molecule has 0 saturated heterocycles. The molecule has 0 aliphatic heterocycles. The fraction of sp³-hybridized carbons (Fsp3) is 0.381. The zero-order valence-corrected chi connectivity index (χ0v) is 16.2. The smallest absolute Gasteiger partial charge is 0.310 e. The van der Waals surface area contributed by atoms with Gasteiger partial charge in [-0.25, -0.2) is 0 Å². The maximum Gasteiger partial charge on any atom is 0.310 e. The van der Waals surface area contributed by atoms with Crippen molar-refractivity contribution in [3.05, 3.63) is 53.1 Å². The minimum Gasteiger partial charge on any atom is -0.488 e. The molecular weight excluding hydrogens is 332 g/mol. The Kier molecular flexibility index (Phi) is 7.38. The average molecular weight is 359 g/mol. The minimum absolute atomic E-state index is 0.235. The first kappa shape index (κ1) is 19.4. The van der Waals surface area contributed by atoms with E-state index in [1.54, 1.807) is 18.7 Å². The molecule has 0 amide bonds. The molecule has 134 valence electrons. The molecule has 0 unspecified atom stereocenters. The minimum atomic E-state index is -0.235. The van der Waals surface area contributed by atoms with E-state index in [-0.39, 0.29) is 5.97 Å². The number of esters is 1. The van der Waals surface area contributed by atoms with Gasteiger partial charge in [-0.3, -0.25) is 4.79 Å². The largest absolute Gasteiger partial charge is 0.488 e. The van der Waals surface area contributed by atoms with E-state index in [4.69, 9.17) is 9.47 Å². The Morgan fingerprint density at radius 1 is 1.04 bits per heavy atom. The number of hydrogen-bond donors (Lipinski definition) is 0. The predicted octanol–water partition coefficient (Wildman–Crippen LogP) is 5.43. The molecule has 25 heavy (non-hydrogen) atoms. The molecular formula is C21H26O3S. The van der Waals surface area contributed by atoms with Gasteiger partial charge < -0.3 is 9.47 Å². The van der Waals surface area contributed by atoms with E-state index in [0.29, 0.717) is 18.8 Å². The first-order valence-corrected chi connectivity index (χ1v) is 9.96. The van der Waals surface area contributed by atoms with Crippen molar-refractivity contribution < 1.29 is 14.3 Å². The highest BCUT2D eigenvalue weighted by atomic mass is 32.2. The number of aryl methyl sites for hydroxylation is 2. The van der Waals surface area contributed by atoms with E-state index in [1.165, 1.54) is 11.1 Å². The van der Waals surface area contributed by atoms with Gasteiger partial charge in [0.15, 0.2) is 0 Å². The van der Waals surface area contributed by atoms with Gasteiger partial charge in [0.1, 0.15) is 18.1 Å². The van der Waals surface area contributed by atoms with Gasteiger partial charge in [-0.1, -0.05) is 39.0 Å². The molecule has 0 fully saturated rings. The van der Waals surface area contributed by atoms with E-state index in [1.807, 2.05) is 30.5 Å². The Morgan fingerprint density at radius 2 is 1.84 bits per heavy atom. The van der Waals surface area contributed by atoms with Crippen molar-refractivity contribution in [2.75, 3.05) is 6.26 Å². The Labute approximate surface area is 154 Å².